The van der Waals surface area contributed by atoms with Gasteiger partial charge in [-0.1, -0.05) is 6.92 Å². The molecule has 0 saturated carbocycles. The lowest BCUT2D eigenvalue weighted by molar-refractivity contribution is 0.832. The molecule has 0 saturated heterocycles. The Balaban J connectivity index is 3.56. The van der Waals surface area contributed by atoms with Crippen LogP contribution in [0.2, 0.25) is 0 Å². The number of hydrogen-bond acceptors (Lipinski definition) is 2. The number of nitrogens with zero attached hydrogens (tertiary/aromatic N) is 1. The fourth-order valence-electron chi connectivity index (χ4n) is 0.351. The standard InChI is InChI=1S/C7H14N2/c1-6(2)9-5-7(3)4-8/h4-8H,1-3H3. The summed E-state index contributed by atoms with van der Waals surface area (Å²) in [5, 5.41) is 6.84. The highest BCUT2D eigenvalue weighted by Gasteiger charge is 1.89. The molecule has 0 fully saturated rings. The molecule has 1 unspecified atom stereocenters. The topological polar surface area (TPSA) is 36.2 Å². The van der Waals surface area contributed by atoms with E-state index in [9.17, 15) is 0 Å². The van der Waals surface area contributed by atoms with Crippen molar-refractivity contribution in [3.05, 3.63) is 0 Å². The molecule has 0 aliphatic carbocycles. The molecule has 0 bridgehead atoms. The SMILES string of the molecule is CC(C=N)C=NC(C)C. The normalized spacial score (nSPS) is 14.7. The monoisotopic (exact) mass is 126 g/mol. The first-order valence-electron chi connectivity index (χ1n) is 3.20. The fraction of sp³-hybridized carbons (Fsp3) is 0.714. The smallest absolute Gasteiger partial charge is 0.0439 e. The van der Waals surface area contributed by atoms with Crippen LogP contribution in [0, 0.1) is 11.3 Å². The minimum absolute atomic E-state index is 0.187. The van der Waals surface area contributed by atoms with E-state index in [0.29, 0.717) is 6.04 Å². The Bertz CT molecular complexity index is 105. The Morgan fingerprint density at radius 2 is 1.89 bits per heavy atom. The predicted molar refractivity (Wildman–Crippen MR) is 41.6 cm³/mol. The Hall–Kier alpha value is -0.660. The lowest BCUT2D eigenvalue weighted by atomic mass is 10.2. The molecular weight excluding hydrogens is 112 g/mol. The average molecular weight is 126 g/mol. The van der Waals surface area contributed by atoms with Crippen LogP contribution in [0.15, 0.2) is 4.99 Å². The van der Waals surface area contributed by atoms with Crippen LogP contribution in [0.5, 0.6) is 0 Å². The van der Waals surface area contributed by atoms with Crippen molar-refractivity contribution in [1.82, 2.24) is 0 Å². The van der Waals surface area contributed by atoms with Gasteiger partial charge in [0.15, 0.2) is 0 Å². The molecule has 0 radical (unpaired) electrons. The first-order valence-corrected chi connectivity index (χ1v) is 3.20. The second-order valence-electron chi connectivity index (χ2n) is 2.42. The van der Waals surface area contributed by atoms with Crippen molar-refractivity contribution in [3.63, 3.8) is 0 Å². The molecule has 0 heterocycles. The Labute approximate surface area is 56.5 Å². The Morgan fingerprint density at radius 3 is 2.22 bits per heavy atom. The van der Waals surface area contributed by atoms with Crippen LogP contribution in [0.1, 0.15) is 20.8 Å². The van der Waals surface area contributed by atoms with Crippen LogP contribution < -0.4 is 0 Å². The zero-order valence-corrected chi connectivity index (χ0v) is 6.26. The minimum atomic E-state index is 0.187. The number of rotatable bonds is 3. The molecule has 1 N–H and O–H groups in total. The maximum absolute atomic E-state index is 6.84. The van der Waals surface area contributed by atoms with E-state index in [2.05, 4.69) is 4.99 Å². The van der Waals surface area contributed by atoms with Gasteiger partial charge in [0.05, 0.1) is 0 Å². The molecule has 0 aromatic carbocycles. The summed E-state index contributed by atoms with van der Waals surface area (Å²) in [5.74, 6) is 0.187. The second-order valence-corrected chi connectivity index (χ2v) is 2.42. The molecule has 0 aliphatic heterocycles. The van der Waals surface area contributed by atoms with Crippen LogP contribution in [0.3, 0.4) is 0 Å². The van der Waals surface area contributed by atoms with Crippen molar-refractivity contribution >= 4 is 12.4 Å². The van der Waals surface area contributed by atoms with E-state index in [1.165, 1.54) is 6.21 Å². The highest BCUT2D eigenvalue weighted by molar-refractivity contribution is 5.81. The van der Waals surface area contributed by atoms with Gasteiger partial charge in [0, 0.05) is 24.4 Å². The van der Waals surface area contributed by atoms with Crippen LogP contribution in [0.4, 0.5) is 0 Å². The molecule has 0 aromatic heterocycles. The van der Waals surface area contributed by atoms with E-state index in [1.807, 2.05) is 20.8 Å². The molecular formula is C7H14N2. The minimum Gasteiger partial charge on any atom is -0.312 e. The van der Waals surface area contributed by atoms with Gasteiger partial charge < -0.3 is 5.41 Å². The summed E-state index contributed by atoms with van der Waals surface area (Å²) < 4.78 is 0. The van der Waals surface area contributed by atoms with Crippen molar-refractivity contribution < 1.29 is 0 Å². The summed E-state index contributed by atoms with van der Waals surface area (Å²) in [7, 11) is 0. The molecule has 0 aliphatic rings. The van der Waals surface area contributed by atoms with Gasteiger partial charge in [0.2, 0.25) is 0 Å². The van der Waals surface area contributed by atoms with Gasteiger partial charge in [-0.2, -0.15) is 0 Å². The van der Waals surface area contributed by atoms with Gasteiger partial charge in [0.25, 0.3) is 0 Å². The van der Waals surface area contributed by atoms with E-state index in [1.54, 1.807) is 6.21 Å². The largest absolute Gasteiger partial charge is 0.312 e. The fourth-order valence-corrected chi connectivity index (χ4v) is 0.351. The Kier molecular flexibility index (Phi) is 3.93. The molecule has 52 valence electrons. The van der Waals surface area contributed by atoms with Gasteiger partial charge in [0.1, 0.15) is 0 Å². The van der Waals surface area contributed by atoms with Crippen molar-refractivity contribution in [2.24, 2.45) is 10.9 Å². The predicted octanol–water partition coefficient (Wildman–Crippen LogP) is 1.75. The highest BCUT2D eigenvalue weighted by atomic mass is 14.7. The van der Waals surface area contributed by atoms with Crippen molar-refractivity contribution in [2.45, 2.75) is 26.8 Å². The van der Waals surface area contributed by atoms with E-state index < -0.39 is 0 Å². The molecule has 0 aromatic rings. The van der Waals surface area contributed by atoms with Crippen LogP contribution >= 0.6 is 0 Å². The van der Waals surface area contributed by atoms with E-state index in [-0.39, 0.29) is 5.92 Å². The zero-order valence-electron chi connectivity index (χ0n) is 6.26. The number of aliphatic imine (C=N–C) groups is 1. The molecule has 0 amide bonds. The molecule has 2 heteroatoms. The summed E-state index contributed by atoms with van der Waals surface area (Å²) in [5.41, 5.74) is 0. The second kappa shape index (κ2) is 4.24. The number of nitrogens with one attached hydrogen (secondary N) is 1. The third-order valence-electron chi connectivity index (χ3n) is 0.882. The highest BCUT2D eigenvalue weighted by Crippen LogP contribution is 1.88. The van der Waals surface area contributed by atoms with Crippen molar-refractivity contribution in [2.75, 3.05) is 0 Å². The Morgan fingerprint density at radius 1 is 1.33 bits per heavy atom. The lowest BCUT2D eigenvalue weighted by Gasteiger charge is -1.96. The van der Waals surface area contributed by atoms with Gasteiger partial charge in [-0.25, -0.2) is 0 Å². The third-order valence-corrected chi connectivity index (χ3v) is 0.882. The van der Waals surface area contributed by atoms with Gasteiger partial charge >= 0.3 is 0 Å². The van der Waals surface area contributed by atoms with Crippen LogP contribution in [0.25, 0.3) is 0 Å². The maximum atomic E-state index is 6.84. The van der Waals surface area contributed by atoms with Crippen molar-refractivity contribution in [1.29, 1.82) is 5.41 Å². The van der Waals surface area contributed by atoms with Crippen LogP contribution in [-0.4, -0.2) is 18.5 Å². The van der Waals surface area contributed by atoms with Gasteiger partial charge in [-0.15, -0.1) is 0 Å². The summed E-state index contributed by atoms with van der Waals surface area (Å²) in [6, 6.07) is 0.354. The van der Waals surface area contributed by atoms with E-state index in [4.69, 9.17) is 5.41 Å². The van der Waals surface area contributed by atoms with Gasteiger partial charge in [-0.05, 0) is 13.8 Å². The third kappa shape index (κ3) is 5.21. The average Bonchev–Trinajstić information content (AvgIpc) is 1.83. The van der Waals surface area contributed by atoms with E-state index in [0.717, 1.165) is 0 Å². The first-order chi connectivity index (χ1) is 4.16. The maximum Gasteiger partial charge on any atom is 0.0439 e. The van der Waals surface area contributed by atoms with Crippen molar-refractivity contribution in [3.8, 4) is 0 Å². The molecule has 0 rings (SSSR count). The lowest BCUT2D eigenvalue weighted by Crippen LogP contribution is -1.98. The van der Waals surface area contributed by atoms with Crippen LogP contribution in [-0.2, 0) is 0 Å². The molecule has 0 spiro atoms. The quantitative estimate of drug-likeness (QED) is 0.559. The number of hydrogen-bond donors (Lipinski definition) is 1. The first kappa shape index (κ1) is 8.34. The summed E-state index contributed by atoms with van der Waals surface area (Å²) >= 11 is 0. The molecule has 2 nitrogen and oxygen atoms in total. The summed E-state index contributed by atoms with van der Waals surface area (Å²) in [6.07, 6.45) is 3.18. The molecule has 1 atom stereocenters. The summed E-state index contributed by atoms with van der Waals surface area (Å²) in [6.45, 7) is 5.99. The van der Waals surface area contributed by atoms with E-state index >= 15 is 0 Å². The van der Waals surface area contributed by atoms with Gasteiger partial charge in [-0.3, -0.25) is 4.99 Å². The summed E-state index contributed by atoms with van der Waals surface area (Å²) in [4.78, 5) is 4.12. The zero-order chi connectivity index (χ0) is 7.28. The molecule has 9 heavy (non-hydrogen) atoms.